The minimum absolute atomic E-state index is 0.163. The third kappa shape index (κ3) is 5.55. The highest BCUT2D eigenvalue weighted by molar-refractivity contribution is 8.02. The maximum atomic E-state index is 13.4. The van der Waals surface area contributed by atoms with E-state index in [2.05, 4.69) is 21.4 Å². The molecule has 0 unspecified atom stereocenters. The van der Waals surface area contributed by atoms with Crippen LogP contribution in [-0.4, -0.2) is 21.6 Å². The lowest BCUT2D eigenvalue weighted by molar-refractivity contribution is -0.113. The summed E-state index contributed by atoms with van der Waals surface area (Å²) in [5.74, 6) is -0.434. The van der Waals surface area contributed by atoms with E-state index >= 15 is 0 Å². The molecule has 3 aromatic rings. The topological polar surface area (TPSA) is 54.9 Å². The van der Waals surface area contributed by atoms with Crippen molar-refractivity contribution in [2.45, 2.75) is 28.8 Å². The van der Waals surface area contributed by atoms with E-state index < -0.39 is 0 Å². The molecular formula is C20H18FN3OS2. The second-order valence-electron chi connectivity index (χ2n) is 5.88. The van der Waals surface area contributed by atoms with Crippen LogP contribution in [0.3, 0.4) is 0 Å². The molecule has 27 heavy (non-hydrogen) atoms. The minimum atomic E-state index is -0.380. The highest BCUT2D eigenvalue weighted by Crippen LogP contribution is 2.32. The smallest absolute Gasteiger partial charge is 0.234 e. The summed E-state index contributed by atoms with van der Waals surface area (Å²) in [7, 11) is 0. The third-order valence-corrected chi connectivity index (χ3v) is 5.74. The summed E-state index contributed by atoms with van der Waals surface area (Å²) in [6.45, 7) is 3.86. The van der Waals surface area contributed by atoms with Crippen LogP contribution in [0.25, 0.3) is 0 Å². The molecule has 7 heteroatoms. The normalized spacial score (nSPS) is 10.6. The predicted octanol–water partition coefficient (Wildman–Crippen LogP) is 5.11. The Hall–Kier alpha value is -2.38. The highest BCUT2D eigenvalue weighted by Gasteiger charge is 2.12. The van der Waals surface area contributed by atoms with E-state index in [0.29, 0.717) is 10.7 Å². The van der Waals surface area contributed by atoms with E-state index in [-0.39, 0.29) is 17.5 Å². The Bertz CT molecular complexity index is 965. The zero-order valence-electron chi connectivity index (χ0n) is 14.9. The molecule has 1 heterocycles. The van der Waals surface area contributed by atoms with Gasteiger partial charge < -0.3 is 5.32 Å². The van der Waals surface area contributed by atoms with E-state index in [1.54, 1.807) is 18.5 Å². The number of halogens is 1. The zero-order valence-corrected chi connectivity index (χ0v) is 16.5. The maximum Gasteiger partial charge on any atom is 0.234 e. The number of thioether (sulfide) groups is 1. The molecule has 3 rings (SSSR count). The van der Waals surface area contributed by atoms with Gasteiger partial charge in [0.2, 0.25) is 5.91 Å². The largest absolute Gasteiger partial charge is 0.325 e. The Balaban J connectivity index is 1.66. The molecule has 0 saturated carbocycles. The van der Waals surface area contributed by atoms with Gasteiger partial charge in [0.25, 0.3) is 0 Å². The van der Waals surface area contributed by atoms with Crippen LogP contribution in [0.2, 0.25) is 0 Å². The van der Waals surface area contributed by atoms with Gasteiger partial charge in [0.15, 0.2) is 0 Å². The Morgan fingerprint density at radius 1 is 1.07 bits per heavy atom. The Kier molecular flexibility index (Phi) is 6.47. The highest BCUT2D eigenvalue weighted by atomic mass is 32.2. The number of nitrogens with one attached hydrogen (secondary N) is 1. The first-order valence-corrected chi connectivity index (χ1v) is 10.1. The molecule has 0 aliphatic carbocycles. The fourth-order valence-electron chi connectivity index (χ4n) is 2.32. The van der Waals surface area contributed by atoms with Gasteiger partial charge in [-0.3, -0.25) is 4.79 Å². The summed E-state index contributed by atoms with van der Waals surface area (Å²) >= 11 is 2.82. The van der Waals surface area contributed by atoms with Gasteiger partial charge in [-0.15, -0.1) is 0 Å². The molecule has 1 amide bonds. The van der Waals surface area contributed by atoms with Crippen molar-refractivity contribution < 1.29 is 9.18 Å². The van der Waals surface area contributed by atoms with Gasteiger partial charge in [-0.05, 0) is 43.7 Å². The Labute approximate surface area is 166 Å². The number of hydrogen-bond acceptors (Lipinski definition) is 5. The zero-order chi connectivity index (χ0) is 19.2. The molecular weight excluding hydrogens is 381 g/mol. The molecule has 0 bridgehead atoms. The van der Waals surface area contributed by atoms with Gasteiger partial charge in [0, 0.05) is 23.0 Å². The summed E-state index contributed by atoms with van der Waals surface area (Å²) in [6.07, 6.45) is 3.25. The summed E-state index contributed by atoms with van der Waals surface area (Å²) in [5.41, 5.74) is 2.46. The van der Waals surface area contributed by atoms with E-state index in [4.69, 9.17) is 0 Å². The molecule has 0 spiro atoms. The molecule has 2 aromatic carbocycles. The van der Waals surface area contributed by atoms with Crippen LogP contribution in [0, 0.1) is 19.7 Å². The average molecular weight is 400 g/mol. The van der Waals surface area contributed by atoms with Crippen molar-refractivity contribution in [3.63, 3.8) is 0 Å². The van der Waals surface area contributed by atoms with Crippen molar-refractivity contribution in [2.75, 3.05) is 11.1 Å². The van der Waals surface area contributed by atoms with Gasteiger partial charge in [-0.25, -0.2) is 14.4 Å². The lowest BCUT2D eigenvalue weighted by Gasteiger charge is -2.09. The molecule has 138 valence electrons. The van der Waals surface area contributed by atoms with Crippen LogP contribution in [0.1, 0.15) is 11.1 Å². The number of benzene rings is 2. The summed E-state index contributed by atoms with van der Waals surface area (Å²) in [6, 6.07) is 12.4. The van der Waals surface area contributed by atoms with Crippen molar-refractivity contribution in [1.82, 2.24) is 9.97 Å². The minimum Gasteiger partial charge on any atom is -0.325 e. The number of carbonyl (C=O) groups is 1. The van der Waals surface area contributed by atoms with Crippen molar-refractivity contribution in [1.29, 1.82) is 0 Å². The van der Waals surface area contributed by atoms with Crippen LogP contribution in [0.15, 0.2) is 69.8 Å². The summed E-state index contributed by atoms with van der Waals surface area (Å²) < 4.78 is 13.4. The number of nitrogens with zero attached hydrogens (tertiary/aromatic N) is 2. The summed E-state index contributed by atoms with van der Waals surface area (Å²) in [4.78, 5) is 22.1. The first kappa shape index (κ1) is 19.4. The molecule has 0 aliphatic heterocycles. The maximum absolute atomic E-state index is 13.4. The summed E-state index contributed by atoms with van der Waals surface area (Å²) in [5, 5.41) is 4.19. The van der Waals surface area contributed by atoms with Gasteiger partial charge in [0.05, 0.1) is 5.75 Å². The van der Waals surface area contributed by atoms with Gasteiger partial charge in [-0.2, -0.15) is 0 Å². The van der Waals surface area contributed by atoms with Crippen LogP contribution >= 0.6 is 23.5 Å². The van der Waals surface area contributed by atoms with Crippen LogP contribution < -0.4 is 5.32 Å². The number of anilines is 1. The van der Waals surface area contributed by atoms with Crippen molar-refractivity contribution in [3.8, 4) is 0 Å². The van der Waals surface area contributed by atoms with E-state index in [9.17, 15) is 9.18 Å². The van der Waals surface area contributed by atoms with E-state index in [1.807, 2.05) is 32.0 Å². The lowest BCUT2D eigenvalue weighted by Crippen LogP contribution is -2.15. The quantitative estimate of drug-likeness (QED) is 0.584. The van der Waals surface area contributed by atoms with Gasteiger partial charge in [0.1, 0.15) is 15.9 Å². The average Bonchev–Trinajstić information content (AvgIpc) is 2.64. The molecule has 0 atom stereocenters. The molecule has 0 saturated heterocycles. The van der Waals surface area contributed by atoms with Gasteiger partial charge in [-0.1, -0.05) is 47.3 Å². The first-order valence-electron chi connectivity index (χ1n) is 8.25. The van der Waals surface area contributed by atoms with Gasteiger partial charge >= 0.3 is 0 Å². The Morgan fingerprint density at radius 2 is 1.85 bits per heavy atom. The molecule has 0 aliphatic rings. The van der Waals surface area contributed by atoms with Crippen molar-refractivity contribution in [2.24, 2.45) is 0 Å². The number of rotatable bonds is 6. The molecule has 0 radical (unpaired) electrons. The number of aromatic nitrogens is 2. The standard InChI is InChI=1S/C20H18FN3OS2/c1-13-4-3-5-16(10-13)27-20-19(22-8-9-23-20)26-12-18(25)24-17-11-15(21)7-6-14(17)2/h3-11H,12H2,1-2H3,(H,24,25). The molecule has 4 nitrogen and oxygen atoms in total. The van der Waals surface area contributed by atoms with Crippen molar-refractivity contribution in [3.05, 3.63) is 71.8 Å². The van der Waals surface area contributed by atoms with Crippen LogP contribution in [0.4, 0.5) is 10.1 Å². The predicted molar refractivity (Wildman–Crippen MR) is 108 cm³/mol. The first-order chi connectivity index (χ1) is 13.0. The number of amides is 1. The monoisotopic (exact) mass is 399 g/mol. The van der Waals surface area contributed by atoms with E-state index in [0.717, 1.165) is 15.5 Å². The Morgan fingerprint density at radius 3 is 2.63 bits per heavy atom. The molecule has 0 fully saturated rings. The number of aryl methyl sites for hydroxylation is 2. The fraction of sp³-hybridized carbons (Fsp3) is 0.150. The SMILES string of the molecule is Cc1cccc(Sc2nccnc2SCC(=O)Nc2cc(F)ccc2C)c1. The lowest BCUT2D eigenvalue weighted by atomic mass is 10.2. The second-order valence-corrected chi connectivity index (χ2v) is 7.91. The fourth-order valence-corrected chi connectivity index (χ4v) is 4.14. The van der Waals surface area contributed by atoms with Crippen LogP contribution in [0.5, 0.6) is 0 Å². The number of hydrogen-bond donors (Lipinski definition) is 1. The molecule has 1 aromatic heterocycles. The van der Waals surface area contributed by atoms with Crippen molar-refractivity contribution >= 4 is 35.1 Å². The third-order valence-electron chi connectivity index (χ3n) is 3.65. The molecule has 1 N–H and O–H groups in total. The van der Waals surface area contributed by atoms with Crippen LogP contribution in [-0.2, 0) is 4.79 Å². The number of carbonyl (C=O) groups excluding carboxylic acids is 1. The van der Waals surface area contributed by atoms with E-state index in [1.165, 1.54) is 41.2 Å². The second kappa shape index (κ2) is 9.01.